The second-order valence-electron chi connectivity index (χ2n) is 6.34. The van der Waals surface area contributed by atoms with Crippen LogP contribution >= 0.6 is 0 Å². The Morgan fingerprint density at radius 3 is 2.95 bits per heavy atom. The molecule has 0 spiro atoms. The molecule has 0 amide bonds. The molecule has 2 aliphatic rings. The fourth-order valence-corrected chi connectivity index (χ4v) is 3.52. The van der Waals surface area contributed by atoms with Crippen molar-refractivity contribution >= 4 is 5.97 Å². The first-order valence-corrected chi connectivity index (χ1v) is 7.06. The normalized spacial score (nSPS) is 30.5. The SMILES string of the molecule is Cc1ccc2c(c1)C(N1CCC(C)(C(=O)O)C1)CC2. The number of rotatable bonds is 2. The van der Waals surface area contributed by atoms with Crippen molar-refractivity contribution in [3.05, 3.63) is 34.9 Å². The van der Waals surface area contributed by atoms with Gasteiger partial charge in [-0.25, -0.2) is 0 Å². The van der Waals surface area contributed by atoms with Gasteiger partial charge in [0.1, 0.15) is 0 Å². The van der Waals surface area contributed by atoms with Gasteiger partial charge in [-0.3, -0.25) is 9.69 Å². The Morgan fingerprint density at radius 2 is 2.26 bits per heavy atom. The molecule has 3 rings (SSSR count). The molecule has 2 unspecified atom stereocenters. The summed E-state index contributed by atoms with van der Waals surface area (Å²) in [5.41, 5.74) is 3.60. The van der Waals surface area contributed by atoms with Crippen molar-refractivity contribution in [3.8, 4) is 0 Å². The van der Waals surface area contributed by atoms with Crippen molar-refractivity contribution in [3.63, 3.8) is 0 Å². The van der Waals surface area contributed by atoms with E-state index in [9.17, 15) is 9.90 Å². The minimum Gasteiger partial charge on any atom is -0.481 e. The van der Waals surface area contributed by atoms with E-state index in [1.54, 1.807) is 0 Å². The maximum absolute atomic E-state index is 11.4. The number of aryl methyl sites for hydroxylation is 2. The molecule has 1 aromatic carbocycles. The number of likely N-dealkylation sites (tertiary alicyclic amines) is 1. The first kappa shape index (κ1) is 12.7. The van der Waals surface area contributed by atoms with Crippen molar-refractivity contribution in [1.29, 1.82) is 0 Å². The molecule has 0 saturated carbocycles. The number of carboxylic acid groups (broad SMARTS) is 1. The van der Waals surface area contributed by atoms with Crippen LogP contribution in [-0.4, -0.2) is 29.1 Å². The monoisotopic (exact) mass is 259 g/mol. The highest BCUT2D eigenvalue weighted by molar-refractivity contribution is 5.74. The van der Waals surface area contributed by atoms with E-state index in [1.165, 1.54) is 16.7 Å². The fraction of sp³-hybridized carbons (Fsp3) is 0.562. The molecule has 1 fully saturated rings. The van der Waals surface area contributed by atoms with Crippen LogP contribution in [0.4, 0.5) is 0 Å². The van der Waals surface area contributed by atoms with Crippen molar-refractivity contribution in [2.75, 3.05) is 13.1 Å². The molecule has 3 heteroatoms. The first-order chi connectivity index (χ1) is 8.99. The fourth-order valence-electron chi connectivity index (χ4n) is 3.52. The first-order valence-electron chi connectivity index (χ1n) is 7.06. The van der Waals surface area contributed by atoms with E-state index in [2.05, 4.69) is 30.0 Å². The number of carbonyl (C=O) groups is 1. The van der Waals surface area contributed by atoms with Crippen molar-refractivity contribution in [2.24, 2.45) is 5.41 Å². The smallest absolute Gasteiger partial charge is 0.310 e. The van der Waals surface area contributed by atoms with Gasteiger partial charge in [0.2, 0.25) is 0 Å². The number of fused-ring (bicyclic) bond motifs is 1. The van der Waals surface area contributed by atoms with Crippen LogP contribution in [0.15, 0.2) is 18.2 Å². The minimum absolute atomic E-state index is 0.427. The topological polar surface area (TPSA) is 40.5 Å². The largest absolute Gasteiger partial charge is 0.481 e. The highest BCUT2D eigenvalue weighted by Gasteiger charge is 2.43. The summed E-state index contributed by atoms with van der Waals surface area (Å²) in [5, 5.41) is 9.35. The van der Waals surface area contributed by atoms with Gasteiger partial charge in [-0.2, -0.15) is 0 Å². The van der Waals surface area contributed by atoms with E-state index in [0.29, 0.717) is 12.6 Å². The summed E-state index contributed by atoms with van der Waals surface area (Å²) >= 11 is 0. The molecule has 1 saturated heterocycles. The molecule has 3 nitrogen and oxygen atoms in total. The summed E-state index contributed by atoms with van der Waals surface area (Å²) in [6, 6.07) is 7.11. The molecule has 19 heavy (non-hydrogen) atoms. The lowest BCUT2D eigenvalue weighted by Crippen LogP contribution is -2.33. The Labute approximate surface area is 114 Å². The molecule has 1 heterocycles. The highest BCUT2D eigenvalue weighted by Crippen LogP contribution is 2.41. The number of hydrogen-bond acceptors (Lipinski definition) is 2. The standard InChI is InChI=1S/C16H21NO2/c1-11-3-4-12-5-6-14(13(12)9-11)17-8-7-16(2,10-17)15(18)19/h3-4,9,14H,5-8,10H2,1-2H3,(H,18,19). The maximum atomic E-state index is 11.4. The van der Waals surface area contributed by atoms with E-state index in [0.717, 1.165) is 25.8 Å². The average Bonchev–Trinajstić information content (AvgIpc) is 2.93. The molecule has 1 aromatic rings. The van der Waals surface area contributed by atoms with Crippen LogP contribution < -0.4 is 0 Å². The van der Waals surface area contributed by atoms with Gasteiger partial charge in [-0.15, -0.1) is 0 Å². The summed E-state index contributed by atoms with van der Waals surface area (Å²) in [4.78, 5) is 13.7. The summed E-state index contributed by atoms with van der Waals surface area (Å²) in [7, 11) is 0. The molecule has 0 aromatic heterocycles. The Bertz CT molecular complexity index is 525. The van der Waals surface area contributed by atoms with E-state index >= 15 is 0 Å². The Balaban J connectivity index is 1.84. The van der Waals surface area contributed by atoms with Gasteiger partial charge < -0.3 is 5.11 Å². The van der Waals surface area contributed by atoms with Crippen LogP contribution in [0.5, 0.6) is 0 Å². The van der Waals surface area contributed by atoms with Gasteiger partial charge in [0.25, 0.3) is 0 Å². The lowest BCUT2D eigenvalue weighted by Gasteiger charge is -2.26. The van der Waals surface area contributed by atoms with E-state index in [-0.39, 0.29) is 0 Å². The van der Waals surface area contributed by atoms with Gasteiger partial charge >= 0.3 is 5.97 Å². The van der Waals surface area contributed by atoms with Crippen LogP contribution in [0, 0.1) is 12.3 Å². The number of hydrogen-bond donors (Lipinski definition) is 1. The molecule has 0 radical (unpaired) electrons. The van der Waals surface area contributed by atoms with Gasteiger partial charge in [-0.05, 0) is 50.8 Å². The van der Waals surface area contributed by atoms with Crippen molar-refractivity contribution in [2.45, 2.75) is 39.2 Å². The molecule has 0 bridgehead atoms. The van der Waals surface area contributed by atoms with E-state index in [4.69, 9.17) is 0 Å². The third kappa shape index (κ3) is 2.06. The van der Waals surface area contributed by atoms with Gasteiger partial charge in [0, 0.05) is 12.6 Å². The molecule has 1 N–H and O–H groups in total. The van der Waals surface area contributed by atoms with Crippen molar-refractivity contribution < 1.29 is 9.90 Å². The molecular formula is C16H21NO2. The van der Waals surface area contributed by atoms with Crippen LogP contribution in [0.2, 0.25) is 0 Å². The van der Waals surface area contributed by atoms with Crippen LogP contribution in [0.1, 0.15) is 42.5 Å². The Morgan fingerprint density at radius 1 is 1.47 bits per heavy atom. The zero-order chi connectivity index (χ0) is 13.6. The lowest BCUT2D eigenvalue weighted by atomic mass is 9.90. The highest BCUT2D eigenvalue weighted by atomic mass is 16.4. The lowest BCUT2D eigenvalue weighted by molar-refractivity contribution is -0.147. The molecule has 2 atom stereocenters. The second kappa shape index (κ2) is 4.34. The third-order valence-electron chi connectivity index (χ3n) is 4.81. The summed E-state index contributed by atoms with van der Waals surface area (Å²) in [6.07, 6.45) is 3.02. The van der Waals surface area contributed by atoms with Crippen LogP contribution in [0.3, 0.4) is 0 Å². The Kier molecular flexibility index (Phi) is 2.90. The van der Waals surface area contributed by atoms with E-state index < -0.39 is 11.4 Å². The average molecular weight is 259 g/mol. The minimum atomic E-state index is -0.655. The second-order valence-corrected chi connectivity index (χ2v) is 6.34. The zero-order valence-corrected chi connectivity index (χ0v) is 11.6. The molecule has 1 aliphatic heterocycles. The third-order valence-corrected chi connectivity index (χ3v) is 4.81. The number of benzene rings is 1. The number of aliphatic carboxylic acids is 1. The van der Waals surface area contributed by atoms with Crippen molar-refractivity contribution in [1.82, 2.24) is 4.90 Å². The predicted molar refractivity (Wildman–Crippen MR) is 74.2 cm³/mol. The maximum Gasteiger partial charge on any atom is 0.310 e. The zero-order valence-electron chi connectivity index (χ0n) is 11.6. The summed E-state index contributed by atoms with van der Waals surface area (Å²) in [6.45, 7) is 5.59. The number of nitrogens with zero attached hydrogens (tertiary/aromatic N) is 1. The predicted octanol–water partition coefficient (Wildman–Crippen LogP) is 2.78. The van der Waals surface area contributed by atoms with Gasteiger partial charge in [0.15, 0.2) is 0 Å². The van der Waals surface area contributed by atoms with Crippen LogP contribution in [-0.2, 0) is 11.2 Å². The quantitative estimate of drug-likeness (QED) is 0.888. The molecule has 1 aliphatic carbocycles. The summed E-state index contributed by atoms with van der Waals surface area (Å²) < 4.78 is 0. The summed E-state index contributed by atoms with van der Waals surface area (Å²) in [5.74, 6) is -0.655. The Hall–Kier alpha value is -1.35. The van der Waals surface area contributed by atoms with E-state index in [1.807, 2.05) is 6.92 Å². The number of carboxylic acids is 1. The van der Waals surface area contributed by atoms with Gasteiger partial charge in [-0.1, -0.05) is 23.8 Å². The van der Waals surface area contributed by atoms with Gasteiger partial charge in [0.05, 0.1) is 5.41 Å². The molecular weight excluding hydrogens is 238 g/mol. The molecule has 102 valence electrons. The van der Waals surface area contributed by atoms with Crippen LogP contribution in [0.25, 0.3) is 0 Å².